The Hall–Kier alpha value is -2.45. The molecule has 1 fully saturated rings. The van der Waals surface area contributed by atoms with Gasteiger partial charge in [0, 0.05) is 41.8 Å². The predicted molar refractivity (Wildman–Crippen MR) is 120 cm³/mol. The first-order valence-electron chi connectivity index (χ1n) is 10.0. The van der Waals surface area contributed by atoms with Gasteiger partial charge in [0.1, 0.15) is 6.67 Å². The molecule has 0 atom stereocenters. The Balaban J connectivity index is 1.57. The zero-order valence-corrected chi connectivity index (χ0v) is 18.3. The highest BCUT2D eigenvalue weighted by Crippen LogP contribution is 2.30. The summed E-state index contributed by atoms with van der Waals surface area (Å²) in [6.45, 7) is 3.47. The number of carbonyl (C=O) groups is 3. The maximum Gasteiger partial charge on any atom is 0.259 e. The number of fused-ring (bicyclic) bond motifs is 1. The number of benzene rings is 2. The van der Waals surface area contributed by atoms with Gasteiger partial charge >= 0.3 is 0 Å². The Kier molecular flexibility index (Phi) is 6.57. The van der Waals surface area contributed by atoms with Gasteiger partial charge in [-0.1, -0.05) is 35.3 Å². The summed E-state index contributed by atoms with van der Waals surface area (Å²) >= 11 is 12.1. The van der Waals surface area contributed by atoms with Crippen LogP contribution in [0, 0.1) is 0 Å². The smallest absolute Gasteiger partial charge is 0.259 e. The molecule has 0 bridgehead atoms. The van der Waals surface area contributed by atoms with Gasteiger partial charge in [-0.25, -0.2) is 0 Å². The first kappa shape index (κ1) is 21.8. The molecule has 2 amide bonds. The number of carbonyl (C=O) groups excluding carboxylic acids is 3. The second-order valence-electron chi connectivity index (χ2n) is 7.62. The van der Waals surface area contributed by atoms with Crippen molar-refractivity contribution in [1.82, 2.24) is 15.1 Å². The van der Waals surface area contributed by atoms with Gasteiger partial charge in [-0.2, -0.15) is 0 Å². The largest absolute Gasteiger partial charge is 0.314 e. The molecule has 2 aliphatic heterocycles. The Bertz CT molecular complexity index is 1000. The van der Waals surface area contributed by atoms with Crippen LogP contribution in [0.15, 0.2) is 42.5 Å². The van der Waals surface area contributed by atoms with Gasteiger partial charge in [-0.05, 0) is 30.3 Å². The van der Waals surface area contributed by atoms with Crippen LogP contribution in [0.2, 0.25) is 10.0 Å². The lowest BCUT2D eigenvalue weighted by Crippen LogP contribution is -2.52. The zero-order chi connectivity index (χ0) is 22.0. The molecule has 0 unspecified atom stereocenters. The third-order valence-electron chi connectivity index (χ3n) is 5.36. The molecule has 2 aromatic rings. The predicted octanol–water partition coefficient (Wildman–Crippen LogP) is 2.53. The molecule has 0 radical (unpaired) electrons. The Labute approximate surface area is 190 Å². The maximum absolute atomic E-state index is 13.3. The fraction of sp³-hybridized carbons (Fsp3) is 0.318. The number of piperazine rings is 1. The number of anilines is 1. The molecule has 2 heterocycles. The Morgan fingerprint density at radius 3 is 2.35 bits per heavy atom. The number of rotatable bonds is 5. The van der Waals surface area contributed by atoms with E-state index < -0.39 is 0 Å². The molecule has 162 valence electrons. The van der Waals surface area contributed by atoms with E-state index in [2.05, 4.69) is 10.2 Å². The molecule has 2 aromatic carbocycles. The SMILES string of the molecule is O=C(CN1CCNCC1)CN1CN(C(=O)c2cc(Cl)cc(Cl)c2)c2ccccc2C1=O. The number of nitrogens with one attached hydrogen (secondary N) is 1. The summed E-state index contributed by atoms with van der Waals surface area (Å²) in [7, 11) is 0. The minimum atomic E-state index is -0.344. The lowest BCUT2D eigenvalue weighted by Gasteiger charge is -2.37. The Morgan fingerprint density at radius 1 is 0.968 bits per heavy atom. The van der Waals surface area contributed by atoms with Gasteiger partial charge in [0.05, 0.1) is 24.3 Å². The van der Waals surface area contributed by atoms with Crippen molar-refractivity contribution in [3.8, 4) is 0 Å². The number of halogens is 2. The number of ketones is 1. The third-order valence-corrected chi connectivity index (χ3v) is 5.79. The first-order valence-corrected chi connectivity index (χ1v) is 10.8. The van der Waals surface area contributed by atoms with Crippen LogP contribution in [0.3, 0.4) is 0 Å². The molecule has 1 saturated heterocycles. The van der Waals surface area contributed by atoms with E-state index in [-0.39, 0.29) is 37.4 Å². The third kappa shape index (κ3) is 4.91. The number of hydrogen-bond acceptors (Lipinski definition) is 5. The van der Waals surface area contributed by atoms with Crippen molar-refractivity contribution >= 4 is 46.5 Å². The van der Waals surface area contributed by atoms with Crippen molar-refractivity contribution in [1.29, 1.82) is 0 Å². The van der Waals surface area contributed by atoms with E-state index in [0.717, 1.165) is 26.2 Å². The molecule has 4 rings (SSSR count). The lowest BCUT2D eigenvalue weighted by atomic mass is 10.1. The summed E-state index contributed by atoms with van der Waals surface area (Å²) in [5, 5.41) is 3.94. The van der Waals surface area contributed by atoms with Gasteiger partial charge in [-0.15, -0.1) is 0 Å². The normalized spacial score (nSPS) is 16.9. The molecule has 0 aliphatic carbocycles. The fourth-order valence-corrected chi connectivity index (χ4v) is 4.41. The molecule has 0 saturated carbocycles. The molecule has 1 N–H and O–H groups in total. The topological polar surface area (TPSA) is 73.0 Å². The number of amides is 2. The van der Waals surface area contributed by atoms with Crippen molar-refractivity contribution in [2.24, 2.45) is 0 Å². The van der Waals surface area contributed by atoms with Gasteiger partial charge in [0.15, 0.2) is 5.78 Å². The summed E-state index contributed by atoms with van der Waals surface area (Å²) in [5.41, 5.74) is 1.19. The maximum atomic E-state index is 13.3. The first-order chi connectivity index (χ1) is 14.9. The molecular formula is C22H22Cl2N4O3. The molecule has 7 nitrogen and oxygen atoms in total. The van der Waals surface area contributed by atoms with Crippen molar-refractivity contribution in [2.75, 3.05) is 50.8 Å². The van der Waals surface area contributed by atoms with E-state index in [4.69, 9.17) is 23.2 Å². The van der Waals surface area contributed by atoms with Crippen molar-refractivity contribution in [2.45, 2.75) is 0 Å². The number of nitrogens with zero attached hydrogens (tertiary/aromatic N) is 3. The van der Waals surface area contributed by atoms with E-state index in [1.807, 2.05) is 0 Å². The van der Waals surface area contributed by atoms with Crippen LogP contribution in [0.25, 0.3) is 0 Å². The Morgan fingerprint density at radius 2 is 1.65 bits per heavy atom. The van der Waals surface area contributed by atoms with Crippen LogP contribution >= 0.6 is 23.2 Å². The van der Waals surface area contributed by atoms with Gasteiger partial charge in [0.2, 0.25) is 0 Å². The minimum absolute atomic E-state index is 0.0217. The molecule has 31 heavy (non-hydrogen) atoms. The van der Waals surface area contributed by atoms with Crippen LogP contribution in [-0.4, -0.2) is 73.3 Å². The van der Waals surface area contributed by atoms with Crippen LogP contribution in [0.5, 0.6) is 0 Å². The molecule has 0 aromatic heterocycles. The summed E-state index contributed by atoms with van der Waals surface area (Å²) in [6, 6.07) is 11.5. The van der Waals surface area contributed by atoms with E-state index in [0.29, 0.717) is 26.9 Å². The average Bonchev–Trinajstić information content (AvgIpc) is 2.75. The van der Waals surface area contributed by atoms with E-state index in [1.165, 1.54) is 21.9 Å². The number of para-hydroxylation sites is 1. The second-order valence-corrected chi connectivity index (χ2v) is 8.49. The highest BCUT2D eigenvalue weighted by molar-refractivity contribution is 6.35. The quantitative estimate of drug-likeness (QED) is 0.741. The monoisotopic (exact) mass is 460 g/mol. The highest BCUT2D eigenvalue weighted by atomic mass is 35.5. The van der Waals surface area contributed by atoms with Crippen LogP contribution in [0.4, 0.5) is 5.69 Å². The van der Waals surface area contributed by atoms with Crippen LogP contribution in [0.1, 0.15) is 20.7 Å². The zero-order valence-electron chi connectivity index (χ0n) is 16.8. The van der Waals surface area contributed by atoms with Crippen molar-refractivity contribution < 1.29 is 14.4 Å². The van der Waals surface area contributed by atoms with E-state index >= 15 is 0 Å². The highest BCUT2D eigenvalue weighted by Gasteiger charge is 2.34. The summed E-state index contributed by atoms with van der Waals surface area (Å²) in [6.07, 6.45) is 0. The number of hydrogen-bond donors (Lipinski definition) is 1. The minimum Gasteiger partial charge on any atom is -0.314 e. The van der Waals surface area contributed by atoms with Gasteiger partial charge in [0.25, 0.3) is 11.8 Å². The second kappa shape index (κ2) is 9.36. The molecule has 9 heteroatoms. The van der Waals surface area contributed by atoms with Crippen molar-refractivity contribution in [3.63, 3.8) is 0 Å². The molecule has 2 aliphatic rings. The van der Waals surface area contributed by atoms with E-state index in [1.54, 1.807) is 30.3 Å². The standard InChI is InChI=1S/C22H22Cl2N4O3/c23-16-9-15(10-17(24)11-16)21(30)28-14-27(22(31)19-3-1-2-4-20(19)28)13-18(29)12-26-7-5-25-6-8-26/h1-4,9-11,25H,5-8,12-14H2. The van der Waals surface area contributed by atoms with Gasteiger partial charge in [-0.3, -0.25) is 24.2 Å². The van der Waals surface area contributed by atoms with Crippen LogP contribution in [-0.2, 0) is 4.79 Å². The van der Waals surface area contributed by atoms with Gasteiger partial charge < -0.3 is 10.2 Å². The fourth-order valence-electron chi connectivity index (χ4n) is 3.88. The van der Waals surface area contributed by atoms with E-state index in [9.17, 15) is 14.4 Å². The summed E-state index contributed by atoms with van der Waals surface area (Å²) in [4.78, 5) is 44.0. The molecular weight excluding hydrogens is 439 g/mol. The van der Waals surface area contributed by atoms with Crippen LogP contribution < -0.4 is 10.2 Å². The summed E-state index contributed by atoms with van der Waals surface area (Å²) in [5.74, 6) is -0.672. The molecule has 0 spiro atoms. The number of Topliss-reactive ketones (excluding diaryl/α,β-unsaturated/α-hetero) is 1. The van der Waals surface area contributed by atoms with Crippen molar-refractivity contribution in [3.05, 3.63) is 63.6 Å². The lowest BCUT2D eigenvalue weighted by molar-refractivity contribution is -0.121. The average molecular weight is 461 g/mol. The summed E-state index contributed by atoms with van der Waals surface area (Å²) < 4.78 is 0.